The van der Waals surface area contributed by atoms with E-state index in [-0.39, 0.29) is 5.82 Å². The first kappa shape index (κ1) is 14.3. The highest BCUT2D eigenvalue weighted by Crippen LogP contribution is 2.33. The van der Waals surface area contributed by atoms with E-state index in [0.717, 1.165) is 22.5 Å². The highest BCUT2D eigenvalue weighted by atomic mass is 19.1. The molecular weight excluding hydrogens is 273 g/mol. The normalized spacial score (nSPS) is 10.5. The van der Waals surface area contributed by atoms with Gasteiger partial charge in [-0.15, -0.1) is 0 Å². The van der Waals surface area contributed by atoms with Gasteiger partial charge < -0.3 is 5.32 Å². The molecule has 0 atom stereocenters. The summed E-state index contributed by atoms with van der Waals surface area (Å²) in [6.07, 6.45) is 0. The van der Waals surface area contributed by atoms with E-state index in [0.29, 0.717) is 0 Å². The van der Waals surface area contributed by atoms with Crippen molar-refractivity contribution in [2.75, 3.05) is 5.32 Å². The minimum atomic E-state index is -0.243. The fourth-order valence-corrected chi connectivity index (χ4v) is 2.56. The van der Waals surface area contributed by atoms with Crippen LogP contribution in [0.4, 0.5) is 15.8 Å². The largest absolute Gasteiger partial charge is 0.355 e. The van der Waals surface area contributed by atoms with Crippen LogP contribution in [0.25, 0.3) is 11.1 Å². The van der Waals surface area contributed by atoms with Crippen molar-refractivity contribution in [2.45, 2.75) is 13.8 Å². The molecule has 0 saturated heterocycles. The maximum absolute atomic E-state index is 13.7. The highest BCUT2D eigenvalue weighted by molar-refractivity contribution is 5.82. The van der Waals surface area contributed by atoms with Gasteiger partial charge in [-0.1, -0.05) is 42.0 Å². The van der Waals surface area contributed by atoms with Crippen LogP contribution in [0, 0.1) is 19.7 Å². The molecule has 3 aromatic carbocycles. The summed E-state index contributed by atoms with van der Waals surface area (Å²) in [6, 6.07) is 21.0. The zero-order chi connectivity index (χ0) is 15.5. The molecule has 0 aliphatic carbocycles. The summed E-state index contributed by atoms with van der Waals surface area (Å²) in [5.41, 5.74) is 6.22. The smallest absolute Gasteiger partial charge is 0.125 e. The second kappa shape index (κ2) is 6.02. The van der Waals surface area contributed by atoms with Gasteiger partial charge in [-0.25, -0.2) is 4.39 Å². The molecule has 0 aromatic heterocycles. The monoisotopic (exact) mass is 291 g/mol. The minimum Gasteiger partial charge on any atom is -0.355 e. The van der Waals surface area contributed by atoms with E-state index in [1.165, 1.54) is 17.2 Å². The van der Waals surface area contributed by atoms with Gasteiger partial charge in [0.25, 0.3) is 0 Å². The van der Waals surface area contributed by atoms with Crippen LogP contribution in [-0.4, -0.2) is 0 Å². The second-order valence-corrected chi connectivity index (χ2v) is 5.50. The number of anilines is 2. The third kappa shape index (κ3) is 3.01. The van der Waals surface area contributed by atoms with E-state index in [9.17, 15) is 4.39 Å². The Kier molecular flexibility index (Phi) is 3.92. The van der Waals surface area contributed by atoms with Crippen LogP contribution in [0.2, 0.25) is 0 Å². The summed E-state index contributed by atoms with van der Waals surface area (Å²) < 4.78 is 13.7. The first-order valence-corrected chi connectivity index (χ1v) is 7.33. The predicted octanol–water partition coefficient (Wildman–Crippen LogP) is 5.85. The molecule has 0 bridgehead atoms. The molecule has 0 unspecified atom stereocenters. The van der Waals surface area contributed by atoms with Crippen LogP contribution in [-0.2, 0) is 0 Å². The Morgan fingerprint density at radius 2 is 1.55 bits per heavy atom. The van der Waals surface area contributed by atoms with Crippen molar-refractivity contribution in [3.05, 3.63) is 83.7 Å². The summed E-state index contributed by atoms with van der Waals surface area (Å²) in [5, 5.41) is 3.32. The van der Waals surface area contributed by atoms with E-state index < -0.39 is 0 Å². The van der Waals surface area contributed by atoms with Crippen LogP contribution in [0.1, 0.15) is 11.1 Å². The summed E-state index contributed by atoms with van der Waals surface area (Å²) >= 11 is 0. The Morgan fingerprint density at radius 3 is 2.32 bits per heavy atom. The lowest BCUT2D eigenvalue weighted by molar-refractivity contribution is 0.628. The Hall–Kier alpha value is -2.61. The van der Waals surface area contributed by atoms with E-state index in [1.54, 1.807) is 6.07 Å². The quantitative estimate of drug-likeness (QED) is 0.638. The molecule has 1 nitrogen and oxygen atoms in total. The van der Waals surface area contributed by atoms with Crippen LogP contribution in [0.15, 0.2) is 66.7 Å². The summed E-state index contributed by atoms with van der Waals surface area (Å²) in [7, 11) is 0. The van der Waals surface area contributed by atoms with Gasteiger partial charge in [0.15, 0.2) is 0 Å². The fraction of sp³-hybridized carbons (Fsp3) is 0.100. The second-order valence-electron chi connectivity index (χ2n) is 5.50. The number of aryl methyl sites for hydroxylation is 2. The predicted molar refractivity (Wildman–Crippen MR) is 91.0 cm³/mol. The average Bonchev–Trinajstić information content (AvgIpc) is 2.51. The summed E-state index contributed by atoms with van der Waals surface area (Å²) in [6.45, 7) is 4.14. The maximum atomic E-state index is 13.7. The van der Waals surface area contributed by atoms with E-state index in [2.05, 4.69) is 37.4 Å². The third-order valence-electron chi connectivity index (χ3n) is 3.72. The van der Waals surface area contributed by atoms with Gasteiger partial charge in [-0.05, 0) is 55.3 Å². The maximum Gasteiger partial charge on any atom is 0.125 e. The lowest BCUT2D eigenvalue weighted by atomic mass is 9.97. The molecule has 3 rings (SSSR count). The molecule has 0 aliphatic rings. The van der Waals surface area contributed by atoms with Crippen molar-refractivity contribution in [1.82, 2.24) is 0 Å². The van der Waals surface area contributed by atoms with Gasteiger partial charge in [0.05, 0.1) is 0 Å². The zero-order valence-electron chi connectivity index (χ0n) is 12.7. The number of nitrogens with one attached hydrogen (secondary N) is 1. The van der Waals surface area contributed by atoms with Crippen molar-refractivity contribution in [1.29, 1.82) is 0 Å². The number of benzene rings is 3. The fourth-order valence-electron chi connectivity index (χ4n) is 2.56. The Morgan fingerprint density at radius 1 is 0.773 bits per heavy atom. The Bertz CT molecular complexity index is 794. The van der Waals surface area contributed by atoms with E-state index in [4.69, 9.17) is 0 Å². The molecule has 0 saturated carbocycles. The molecule has 0 aliphatic heterocycles. The number of halogens is 1. The average molecular weight is 291 g/mol. The van der Waals surface area contributed by atoms with E-state index in [1.807, 2.05) is 36.4 Å². The SMILES string of the molecule is Cc1ccc(C)c(-c2ccc(F)cc2Nc2ccccc2)c1. The highest BCUT2D eigenvalue weighted by Gasteiger charge is 2.09. The van der Waals surface area contributed by atoms with Gasteiger partial charge in [-0.3, -0.25) is 0 Å². The van der Waals surface area contributed by atoms with Crippen molar-refractivity contribution in [2.24, 2.45) is 0 Å². The Labute approximate surface area is 130 Å². The molecule has 110 valence electrons. The van der Waals surface area contributed by atoms with Crippen LogP contribution in [0.5, 0.6) is 0 Å². The molecule has 22 heavy (non-hydrogen) atoms. The van der Waals surface area contributed by atoms with Gasteiger partial charge in [0, 0.05) is 16.9 Å². The van der Waals surface area contributed by atoms with Crippen molar-refractivity contribution in [3.8, 4) is 11.1 Å². The molecule has 0 radical (unpaired) electrons. The van der Waals surface area contributed by atoms with Crippen molar-refractivity contribution >= 4 is 11.4 Å². The molecule has 0 heterocycles. The third-order valence-corrected chi connectivity index (χ3v) is 3.72. The molecule has 2 heteroatoms. The van der Waals surface area contributed by atoms with Gasteiger partial charge in [0.2, 0.25) is 0 Å². The number of rotatable bonds is 3. The zero-order valence-corrected chi connectivity index (χ0v) is 12.7. The number of hydrogen-bond donors (Lipinski definition) is 1. The lowest BCUT2D eigenvalue weighted by Crippen LogP contribution is -1.95. The standard InChI is InChI=1S/C20H18FN/c1-14-8-9-15(2)19(12-14)18-11-10-16(21)13-20(18)22-17-6-4-3-5-7-17/h3-13,22H,1-2H3. The van der Waals surface area contributed by atoms with Gasteiger partial charge >= 0.3 is 0 Å². The number of hydrogen-bond acceptors (Lipinski definition) is 1. The first-order valence-electron chi connectivity index (χ1n) is 7.33. The van der Waals surface area contributed by atoms with Crippen LogP contribution < -0.4 is 5.32 Å². The molecule has 0 fully saturated rings. The molecule has 3 aromatic rings. The van der Waals surface area contributed by atoms with Crippen LogP contribution >= 0.6 is 0 Å². The topological polar surface area (TPSA) is 12.0 Å². The molecule has 0 amide bonds. The van der Waals surface area contributed by atoms with E-state index >= 15 is 0 Å². The van der Waals surface area contributed by atoms with Crippen molar-refractivity contribution < 1.29 is 4.39 Å². The van der Waals surface area contributed by atoms with Gasteiger partial charge in [-0.2, -0.15) is 0 Å². The summed E-state index contributed by atoms with van der Waals surface area (Å²) in [4.78, 5) is 0. The Balaban J connectivity index is 2.10. The number of para-hydroxylation sites is 1. The summed E-state index contributed by atoms with van der Waals surface area (Å²) in [5.74, 6) is -0.243. The van der Waals surface area contributed by atoms with Gasteiger partial charge in [0.1, 0.15) is 5.82 Å². The van der Waals surface area contributed by atoms with Crippen molar-refractivity contribution in [3.63, 3.8) is 0 Å². The van der Waals surface area contributed by atoms with Crippen LogP contribution in [0.3, 0.4) is 0 Å². The minimum absolute atomic E-state index is 0.243. The lowest BCUT2D eigenvalue weighted by Gasteiger charge is -2.15. The molecular formula is C20H18FN. The molecule has 0 spiro atoms. The molecule has 1 N–H and O–H groups in total. The first-order chi connectivity index (χ1) is 10.6.